The van der Waals surface area contributed by atoms with Gasteiger partial charge in [0, 0.05) is 0 Å². The van der Waals surface area contributed by atoms with Crippen LogP contribution in [0, 0.1) is 10.1 Å². The highest BCUT2D eigenvalue weighted by Gasteiger charge is 2.18. The highest BCUT2D eigenvalue weighted by atomic mass is 32.1. The summed E-state index contributed by atoms with van der Waals surface area (Å²) in [7, 11) is 1.40. The average Bonchev–Trinajstić information content (AvgIpc) is 2.87. The Morgan fingerprint density at radius 3 is 2.65 bits per heavy atom. The van der Waals surface area contributed by atoms with Crippen molar-refractivity contribution in [2.75, 3.05) is 7.11 Å². The van der Waals surface area contributed by atoms with Crippen LogP contribution in [0.15, 0.2) is 30.3 Å². The molecular formula is C12H9NO6S. The quantitative estimate of drug-likeness (QED) is 0.672. The van der Waals surface area contributed by atoms with Gasteiger partial charge in [-0.05, 0) is 24.3 Å². The molecule has 1 N–H and O–H groups in total. The number of nitro benzene ring substituents is 1. The third-order valence-electron chi connectivity index (χ3n) is 2.37. The molecule has 8 heteroatoms. The van der Waals surface area contributed by atoms with Crippen molar-refractivity contribution < 1.29 is 24.3 Å². The number of thiophene rings is 1. The van der Waals surface area contributed by atoms with E-state index in [-0.39, 0.29) is 21.4 Å². The summed E-state index contributed by atoms with van der Waals surface area (Å²) in [5.74, 6) is -0.717. The molecule has 20 heavy (non-hydrogen) atoms. The third kappa shape index (κ3) is 2.86. The van der Waals surface area contributed by atoms with Crippen molar-refractivity contribution in [3.63, 3.8) is 0 Å². The second-order valence-corrected chi connectivity index (χ2v) is 4.66. The number of carbonyl (C=O) groups is 1. The Bertz CT molecular complexity index is 666. The Morgan fingerprint density at radius 1 is 1.35 bits per heavy atom. The number of aromatic carboxylic acids is 1. The number of nitrogens with zero attached hydrogens (tertiary/aromatic N) is 1. The van der Waals surface area contributed by atoms with E-state index in [1.807, 2.05) is 0 Å². The SMILES string of the molecule is COc1ccc(Oc2ccc(C(=O)O)s2)c([N+](=O)[O-])c1. The molecular weight excluding hydrogens is 286 g/mol. The number of carboxylic acid groups (broad SMARTS) is 1. The monoisotopic (exact) mass is 295 g/mol. The predicted octanol–water partition coefficient (Wildman–Crippen LogP) is 3.16. The Balaban J connectivity index is 2.32. The van der Waals surface area contributed by atoms with Gasteiger partial charge in [0.1, 0.15) is 10.6 Å². The van der Waals surface area contributed by atoms with E-state index in [2.05, 4.69) is 0 Å². The normalized spacial score (nSPS) is 10.1. The maximum Gasteiger partial charge on any atom is 0.345 e. The van der Waals surface area contributed by atoms with Crippen molar-refractivity contribution >= 4 is 23.0 Å². The van der Waals surface area contributed by atoms with E-state index in [0.717, 1.165) is 11.3 Å². The van der Waals surface area contributed by atoms with E-state index in [4.69, 9.17) is 14.6 Å². The van der Waals surface area contributed by atoms with Crippen molar-refractivity contribution in [1.82, 2.24) is 0 Å². The van der Waals surface area contributed by atoms with Crippen molar-refractivity contribution in [3.05, 3.63) is 45.3 Å². The molecule has 0 aliphatic heterocycles. The smallest absolute Gasteiger partial charge is 0.345 e. The van der Waals surface area contributed by atoms with Crippen LogP contribution in [0.4, 0.5) is 5.69 Å². The number of hydrogen-bond acceptors (Lipinski definition) is 6. The molecule has 0 fully saturated rings. The van der Waals surface area contributed by atoms with Gasteiger partial charge < -0.3 is 14.6 Å². The molecule has 104 valence electrons. The van der Waals surface area contributed by atoms with E-state index in [1.165, 1.54) is 37.4 Å². The van der Waals surface area contributed by atoms with Crippen molar-refractivity contribution in [3.8, 4) is 16.6 Å². The van der Waals surface area contributed by atoms with E-state index < -0.39 is 10.9 Å². The second-order valence-electron chi connectivity index (χ2n) is 3.62. The average molecular weight is 295 g/mol. The molecule has 0 saturated carbocycles. The number of benzene rings is 1. The highest BCUT2D eigenvalue weighted by molar-refractivity contribution is 7.15. The van der Waals surface area contributed by atoms with Crippen LogP contribution in [0.1, 0.15) is 9.67 Å². The van der Waals surface area contributed by atoms with Gasteiger partial charge >= 0.3 is 11.7 Å². The van der Waals surface area contributed by atoms with Crippen LogP contribution in [0.5, 0.6) is 16.6 Å². The number of methoxy groups -OCH3 is 1. The lowest BCUT2D eigenvalue weighted by molar-refractivity contribution is -0.385. The fourth-order valence-corrected chi connectivity index (χ4v) is 2.16. The number of nitro groups is 1. The van der Waals surface area contributed by atoms with Gasteiger partial charge in [0.2, 0.25) is 5.75 Å². The molecule has 1 aromatic carbocycles. The summed E-state index contributed by atoms with van der Waals surface area (Å²) in [5.41, 5.74) is -0.255. The van der Waals surface area contributed by atoms with Gasteiger partial charge in [0.15, 0.2) is 5.06 Å². The molecule has 0 saturated heterocycles. The van der Waals surface area contributed by atoms with Gasteiger partial charge in [0.05, 0.1) is 18.1 Å². The van der Waals surface area contributed by atoms with Crippen molar-refractivity contribution in [2.45, 2.75) is 0 Å². The lowest BCUT2D eigenvalue weighted by Gasteiger charge is -2.05. The Hall–Kier alpha value is -2.61. The fourth-order valence-electron chi connectivity index (χ4n) is 1.45. The zero-order valence-electron chi connectivity index (χ0n) is 10.2. The molecule has 0 atom stereocenters. The van der Waals surface area contributed by atoms with E-state index in [1.54, 1.807) is 0 Å². The molecule has 0 bridgehead atoms. The molecule has 0 spiro atoms. The Kier molecular flexibility index (Phi) is 3.85. The molecule has 1 aromatic heterocycles. The van der Waals surface area contributed by atoms with Crippen LogP contribution < -0.4 is 9.47 Å². The first-order valence-electron chi connectivity index (χ1n) is 5.34. The minimum Gasteiger partial charge on any atom is -0.496 e. The minimum absolute atomic E-state index is 0.0228. The van der Waals surface area contributed by atoms with E-state index >= 15 is 0 Å². The lowest BCUT2D eigenvalue weighted by atomic mass is 10.3. The first-order valence-corrected chi connectivity index (χ1v) is 6.16. The first-order chi connectivity index (χ1) is 9.51. The summed E-state index contributed by atoms with van der Waals surface area (Å²) < 4.78 is 10.3. The Morgan fingerprint density at radius 2 is 2.10 bits per heavy atom. The Labute approximate surface area is 117 Å². The standard InChI is InChI=1S/C12H9NO6S/c1-18-7-2-3-9(8(6-7)13(16)17)19-11-5-4-10(20-11)12(14)15/h2-6H,1H3,(H,14,15). The summed E-state index contributed by atoms with van der Waals surface area (Å²) in [6.45, 7) is 0. The molecule has 7 nitrogen and oxygen atoms in total. The van der Waals surface area contributed by atoms with Gasteiger partial charge in [-0.15, -0.1) is 0 Å². The third-order valence-corrected chi connectivity index (χ3v) is 3.32. The maximum atomic E-state index is 11.0. The van der Waals surface area contributed by atoms with Crippen molar-refractivity contribution in [1.29, 1.82) is 0 Å². The predicted molar refractivity (Wildman–Crippen MR) is 71.0 cm³/mol. The van der Waals surface area contributed by atoms with Crippen LogP contribution >= 0.6 is 11.3 Å². The molecule has 0 amide bonds. The molecule has 0 radical (unpaired) electrons. The summed E-state index contributed by atoms with van der Waals surface area (Å²) >= 11 is 0.891. The molecule has 0 aliphatic rings. The van der Waals surface area contributed by atoms with Gasteiger partial charge in [0.25, 0.3) is 0 Å². The summed E-state index contributed by atoms with van der Waals surface area (Å²) in [6, 6.07) is 6.98. The number of ether oxygens (including phenoxy) is 2. The molecule has 1 heterocycles. The van der Waals surface area contributed by atoms with Gasteiger partial charge in [-0.2, -0.15) is 0 Å². The number of rotatable bonds is 5. The summed E-state index contributed by atoms with van der Waals surface area (Å²) in [5, 5.41) is 20.0. The van der Waals surface area contributed by atoms with Crippen molar-refractivity contribution in [2.24, 2.45) is 0 Å². The summed E-state index contributed by atoms with van der Waals surface area (Å²) in [6.07, 6.45) is 0. The number of hydrogen-bond donors (Lipinski definition) is 1. The highest BCUT2D eigenvalue weighted by Crippen LogP contribution is 2.36. The van der Waals surface area contributed by atoms with Crippen LogP contribution in [0.3, 0.4) is 0 Å². The van der Waals surface area contributed by atoms with Gasteiger partial charge in [-0.25, -0.2) is 4.79 Å². The largest absolute Gasteiger partial charge is 0.496 e. The van der Waals surface area contributed by atoms with E-state index in [0.29, 0.717) is 5.75 Å². The van der Waals surface area contributed by atoms with E-state index in [9.17, 15) is 14.9 Å². The molecule has 2 aromatic rings. The minimum atomic E-state index is -1.07. The maximum absolute atomic E-state index is 11.0. The topological polar surface area (TPSA) is 98.9 Å². The zero-order chi connectivity index (χ0) is 14.7. The zero-order valence-corrected chi connectivity index (χ0v) is 11.0. The molecule has 0 unspecified atom stereocenters. The fraction of sp³-hybridized carbons (Fsp3) is 0.0833. The molecule has 2 rings (SSSR count). The van der Waals surface area contributed by atoms with Crippen LogP contribution in [-0.2, 0) is 0 Å². The van der Waals surface area contributed by atoms with Crippen LogP contribution in [0.25, 0.3) is 0 Å². The van der Waals surface area contributed by atoms with Crippen LogP contribution in [0.2, 0.25) is 0 Å². The summed E-state index contributed by atoms with van der Waals surface area (Å²) in [4.78, 5) is 21.2. The second kappa shape index (κ2) is 5.57. The van der Waals surface area contributed by atoms with Gasteiger partial charge in [-0.3, -0.25) is 10.1 Å². The van der Waals surface area contributed by atoms with Gasteiger partial charge in [-0.1, -0.05) is 11.3 Å². The molecule has 0 aliphatic carbocycles. The lowest BCUT2D eigenvalue weighted by Crippen LogP contribution is -1.94. The van der Waals surface area contributed by atoms with Crippen LogP contribution in [-0.4, -0.2) is 23.1 Å². The number of carboxylic acids is 1. The first kappa shape index (κ1) is 13.8.